The molecule has 0 bridgehead atoms. The number of primary amides is 1. The largest absolute Gasteiger partial charge is 0.507 e. The highest BCUT2D eigenvalue weighted by atomic mass is 19.4. The number of benzene rings is 2. The van der Waals surface area contributed by atoms with Crippen LogP contribution in [-0.4, -0.2) is 82.1 Å². The van der Waals surface area contributed by atoms with Crippen LogP contribution >= 0.6 is 0 Å². The van der Waals surface area contributed by atoms with E-state index in [1.807, 2.05) is 5.32 Å². The Morgan fingerprint density at radius 1 is 1.07 bits per heavy atom. The number of aryl methyl sites for hydroxylation is 1. The first-order chi connectivity index (χ1) is 21.3. The number of fused-ring (bicyclic) bond motifs is 3. The molecule has 2 fully saturated rings. The Kier molecular flexibility index (Phi) is 7.84. The van der Waals surface area contributed by atoms with E-state index < -0.39 is 106 Å². The average Bonchev–Trinajstić information content (AvgIpc) is 2.94. The number of halogens is 3. The van der Waals surface area contributed by atoms with Crippen LogP contribution in [0, 0.1) is 30.6 Å². The quantitative estimate of drug-likeness (QED) is 0.357. The minimum absolute atomic E-state index is 0.223. The summed E-state index contributed by atoms with van der Waals surface area (Å²) < 4.78 is 47.2. The molecule has 0 aliphatic heterocycles. The van der Waals surface area contributed by atoms with Crippen molar-refractivity contribution in [2.45, 2.75) is 43.7 Å². The van der Waals surface area contributed by atoms with E-state index >= 15 is 0 Å². The minimum Gasteiger partial charge on any atom is -0.507 e. The van der Waals surface area contributed by atoms with Crippen LogP contribution in [0.15, 0.2) is 36.4 Å². The van der Waals surface area contributed by atoms with Gasteiger partial charge in [-0.05, 0) is 50.7 Å². The fourth-order valence-electron chi connectivity index (χ4n) is 7.33. The lowest BCUT2D eigenvalue weighted by Crippen LogP contribution is -2.78. The number of alkyl halides is 3. The Hall–Kier alpha value is -4.63. The number of amides is 2. The normalized spacial score (nSPS) is 30.8. The Morgan fingerprint density at radius 2 is 1.72 bits per heavy atom. The van der Waals surface area contributed by atoms with Gasteiger partial charge in [-0.3, -0.25) is 34.2 Å². The molecule has 0 heterocycles. The summed E-state index contributed by atoms with van der Waals surface area (Å²) in [5.74, 6) is -15.6. The van der Waals surface area contributed by atoms with Crippen molar-refractivity contribution in [3.63, 3.8) is 0 Å². The van der Waals surface area contributed by atoms with Crippen molar-refractivity contribution < 1.29 is 56.9 Å². The van der Waals surface area contributed by atoms with Gasteiger partial charge in [-0.15, -0.1) is 0 Å². The number of carbonyl (C=O) groups is 6. The maximum absolute atomic E-state index is 14.2. The molecule has 46 heavy (non-hydrogen) atoms. The van der Waals surface area contributed by atoms with E-state index in [9.17, 15) is 52.2 Å². The number of phenolic OH excluding ortho intramolecular Hbond substituents is 1. The number of hydrogen-bond donors (Lipinski definition) is 4. The van der Waals surface area contributed by atoms with Crippen LogP contribution in [0.4, 0.5) is 23.7 Å². The van der Waals surface area contributed by atoms with Crippen molar-refractivity contribution in [1.29, 1.82) is 0 Å². The fraction of sp³-hybridized carbons (Fsp3) is 0.419. The lowest BCUT2D eigenvalue weighted by Gasteiger charge is -2.56. The van der Waals surface area contributed by atoms with Crippen LogP contribution in [-0.2, 0) is 30.1 Å². The molecule has 8 atom stereocenters. The first-order valence-electron chi connectivity index (χ1n) is 14.2. The third kappa shape index (κ3) is 4.76. The van der Waals surface area contributed by atoms with Crippen LogP contribution in [0.1, 0.15) is 39.9 Å². The van der Waals surface area contributed by atoms with Crippen LogP contribution < -0.4 is 11.1 Å². The van der Waals surface area contributed by atoms with E-state index in [1.165, 1.54) is 57.1 Å². The van der Waals surface area contributed by atoms with Gasteiger partial charge in [0.2, 0.25) is 5.91 Å². The number of rotatable bonds is 4. The number of ketones is 4. The van der Waals surface area contributed by atoms with Gasteiger partial charge in [-0.2, -0.15) is 13.2 Å². The van der Waals surface area contributed by atoms with Gasteiger partial charge in [0.15, 0.2) is 34.7 Å². The Morgan fingerprint density at radius 3 is 2.30 bits per heavy atom. The smallest absolute Gasteiger partial charge is 0.418 e. The molecule has 244 valence electrons. The summed E-state index contributed by atoms with van der Waals surface area (Å²) in [7, 11) is 2.66. The Labute approximate surface area is 259 Å². The third-order valence-corrected chi connectivity index (χ3v) is 9.29. The summed E-state index contributed by atoms with van der Waals surface area (Å²) in [5, 5.41) is 24.6. The van der Waals surface area contributed by atoms with Crippen LogP contribution in [0.2, 0.25) is 0 Å². The number of likely N-dealkylation sites (N-methyl/N-ethyl adjacent to an activating group) is 1. The second kappa shape index (κ2) is 11.0. The minimum atomic E-state index is -4.89. The van der Waals surface area contributed by atoms with Crippen molar-refractivity contribution in [2.24, 2.45) is 29.4 Å². The lowest BCUT2D eigenvalue weighted by atomic mass is 9.49. The van der Waals surface area contributed by atoms with Gasteiger partial charge in [0, 0.05) is 5.92 Å². The van der Waals surface area contributed by atoms with Crippen molar-refractivity contribution in [3.8, 4) is 5.75 Å². The number of Topliss-reactive ketones (excluding diaryl/α,β-unsaturated/α-hetero) is 4. The average molecular weight is 646 g/mol. The van der Waals surface area contributed by atoms with Crippen LogP contribution in [0.5, 0.6) is 5.75 Å². The summed E-state index contributed by atoms with van der Waals surface area (Å²) >= 11 is 0. The third-order valence-electron chi connectivity index (χ3n) is 9.29. The van der Waals surface area contributed by atoms with Crippen LogP contribution in [0.3, 0.4) is 0 Å². The molecule has 0 radical (unpaired) electrons. The van der Waals surface area contributed by atoms with E-state index in [2.05, 4.69) is 0 Å². The Balaban J connectivity index is 1.70. The molecule has 2 saturated carbocycles. The lowest BCUT2D eigenvalue weighted by molar-refractivity contribution is -0.196. The first kappa shape index (κ1) is 32.8. The number of aromatic hydroxyl groups is 1. The summed E-state index contributed by atoms with van der Waals surface area (Å²) in [5.41, 5.74) is 0.346. The molecule has 3 aliphatic rings. The van der Waals surface area contributed by atoms with Crippen molar-refractivity contribution >= 4 is 40.8 Å². The zero-order chi connectivity index (χ0) is 34.2. The number of nitrogens with two attached hydrogens (primary N) is 1. The van der Waals surface area contributed by atoms with Gasteiger partial charge < -0.3 is 20.7 Å². The highest BCUT2D eigenvalue weighted by molar-refractivity contribution is 6.32. The monoisotopic (exact) mass is 645 g/mol. The van der Waals surface area contributed by atoms with Crippen molar-refractivity contribution in [1.82, 2.24) is 4.90 Å². The van der Waals surface area contributed by atoms with E-state index in [0.717, 1.165) is 12.1 Å². The number of phenols is 1. The van der Waals surface area contributed by atoms with E-state index in [4.69, 9.17) is 10.5 Å². The predicted molar refractivity (Wildman–Crippen MR) is 152 cm³/mol. The van der Waals surface area contributed by atoms with Gasteiger partial charge in [0.1, 0.15) is 11.9 Å². The zero-order valence-corrected chi connectivity index (χ0v) is 24.9. The number of ether oxygens (including phenoxy) is 1. The van der Waals surface area contributed by atoms with Gasteiger partial charge >= 0.3 is 12.3 Å². The summed E-state index contributed by atoms with van der Waals surface area (Å²) in [4.78, 5) is 82.4. The number of anilines is 1. The number of carbonyl (C=O) groups excluding carboxylic acids is 6. The fourth-order valence-corrected chi connectivity index (χ4v) is 7.33. The molecule has 5 rings (SSSR count). The van der Waals surface area contributed by atoms with Gasteiger partial charge in [0.05, 0.1) is 34.7 Å². The molecular weight excluding hydrogens is 615 g/mol. The maximum atomic E-state index is 14.2. The summed E-state index contributed by atoms with van der Waals surface area (Å²) in [6.07, 6.45) is -8.25. The van der Waals surface area contributed by atoms with E-state index in [1.54, 1.807) is 0 Å². The highest BCUT2D eigenvalue weighted by Crippen LogP contribution is 2.55. The summed E-state index contributed by atoms with van der Waals surface area (Å²) in [6.45, 7) is 2.94. The topological polar surface area (TPSA) is 193 Å². The SMILES string of the molecule is Cc1ccc(NC(=O)O[C@H]2[C@H]3C(C(=O)c4c(O)cccc4[C@@H]3C)C(=O)[C@]3(O)C(=O)C(C(N)=O)C(=O)[C@@H](N(C)C)[C@H]23)c(C(F)(F)F)c1. The first-order valence-corrected chi connectivity index (χ1v) is 14.2. The van der Waals surface area contributed by atoms with Gasteiger partial charge in [-0.1, -0.05) is 30.7 Å². The van der Waals surface area contributed by atoms with E-state index in [0.29, 0.717) is 0 Å². The second-order valence-electron chi connectivity index (χ2n) is 12.2. The molecule has 2 unspecified atom stereocenters. The molecule has 2 aromatic rings. The molecule has 0 saturated heterocycles. The molecular formula is C31H30F3N3O9. The zero-order valence-electron chi connectivity index (χ0n) is 24.9. The maximum Gasteiger partial charge on any atom is 0.418 e. The van der Waals surface area contributed by atoms with Crippen molar-refractivity contribution in [3.05, 3.63) is 58.7 Å². The van der Waals surface area contributed by atoms with Gasteiger partial charge in [-0.25, -0.2) is 4.79 Å². The molecule has 12 nitrogen and oxygen atoms in total. The molecule has 2 amide bonds. The highest BCUT2D eigenvalue weighted by Gasteiger charge is 2.74. The standard InChI is InChI=1S/C31H30F3N3O9/c1-11-8-9-15(14(10-11)31(32,33)34)36-29(44)46-25-17-12(2)13-6-5-7-16(38)18(13)23(39)19(17)26(41)30(45)21(25)22(37(3)4)24(40)20(27(30)42)28(35)43/h5-10,12,17,19-22,25,38,45H,1-4H3,(H2,35,43)(H,36,44)/t12-,17+,19?,20?,21+,22-,25-,30-/m0/s1. The number of aliphatic hydroxyl groups is 1. The van der Waals surface area contributed by atoms with Crippen molar-refractivity contribution in [2.75, 3.05) is 19.4 Å². The number of hydrogen-bond acceptors (Lipinski definition) is 10. The van der Waals surface area contributed by atoms with Crippen LogP contribution in [0.25, 0.3) is 0 Å². The molecule has 15 heteroatoms. The molecule has 2 aromatic carbocycles. The number of nitrogens with one attached hydrogen (secondary N) is 1. The molecule has 0 spiro atoms. The van der Waals surface area contributed by atoms with E-state index in [-0.39, 0.29) is 16.7 Å². The second-order valence-corrected chi connectivity index (χ2v) is 12.2. The molecule has 3 aliphatic carbocycles. The van der Waals surface area contributed by atoms with Gasteiger partial charge in [0.25, 0.3) is 0 Å². The molecule has 5 N–H and O–H groups in total. The Bertz CT molecular complexity index is 1710. The predicted octanol–water partition coefficient (Wildman–Crippen LogP) is 1.98. The number of nitrogens with zero attached hydrogens (tertiary/aromatic N) is 1. The summed E-state index contributed by atoms with van der Waals surface area (Å²) in [6, 6.07) is 5.50. The molecule has 0 aromatic heterocycles.